The molecule has 2 amide bonds. The second-order valence-corrected chi connectivity index (χ2v) is 9.91. The second-order valence-electron chi connectivity index (χ2n) is 7.64. The van der Waals surface area contributed by atoms with Gasteiger partial charge in [0.05, 0.1) is 18.9 Å². The standard InChI is InChI=1S/C23H19N3O6S2/c27-17(11-14-2-1-8-31-14)25-19-21(28)26-20(23(29)30)16(12-33-22(19)26)34-15-5-3-13(4-6-15)10-18-24-7-9-32-18/h1-9,19,22H,10-12H2,(H,25,27)(H,29,30)/t19-,22+/m1/s1. The van der Waals surface area contributed by atoms with Crippen LogP contribution in [0.3, 0.4) is 0 Å². The molecule has 2 aliphatic heterocycles. The van der Waals surface area contributed by atoms with Crippen LogP contribution in [0.1, 0.15) is 17.2 Å². The van der Waals surface area contributed by atoms with Crippen LogP contribution in [0.15, 0.2) is 79.5 Å². The van der Waals surface area contributed by atoms with E-state index < -0.39 is 23.3 Å². The smallest absolute Gasteiger partial charge is 0.353 e. The van der Waals surface area contributed by atoms with Gasteiger partial charge < -0.3 is 19.3 Å². The number of hydrogen-bond donors (Lipinski definition) is 2. The van der Waals surface area contributed by atoms with Crippen LogP contribution < -0.4 is 5.32 Å². The normalized spacial score (nSPS) is 19.5. The Morgan fingerprint density at radius 1 is 1.21 bits per heavy atom. The average molecular weight is 498 g/mol. The number of fused-ring (bicyclic) bond motifs is 1. The van der Waals surface area contributed by atoms with Crippen LogP contribution in [-0.2, 0) is 27.2 Å². The van der Waals surface area contributed by atoms with Crippen molar-refractivity contribution in [3.05, 3.63) is 82.9 Å². The van der Waals surface area contributed by atoms with Crippen LogP contribution in [0.4, 0.5) is 0 Å². The summed E-state index contributed by atoms with van der Waals surface area (Å²) in [6.07, 6.45) is 5.18. The molecule has 9 nitrogen and oxygen atoms in total. The maximum atomic E-state index is 12.8. The van der Waals surface area contributed by atoms with Gasteiger partial charge in [0.25, 0.3) is 5.91 Å². The molecule has 11 heteroatoms. The monoisotopic (exact) mass is 497 g/mol. The number of hydrogen-bond acceptors (Lipinski definition) is 8. The van der Waals surface area contributed by atoms with Crippen molar-refractivity contribution in [2.45, 2.75) is 29.2 Å². The van der Waals surface area contributed by atoms with Gasteiger partial charge in [-0.05, 0) is 29.8 Å². The number of nitrogens with one attached hydrogen (secondary N) is 1. The molecule has 0 bridgehead atoms. The third kappa shape index (κ3) is 4.48. The first-order valence-corrected chi connectivity index (χ1v) is 12.2. The number of oxazole rings is 1. The Labute approximate surface area is 202 Å². The average Bonchev–Trinajstić information content (AvgIpc) is 3.53. The van der Waals surface area contributed by atoms with Crippen molar-refractivity contribution in [3.63, 3.8) is 0 Å². The van der Waals surface area contributed by atoms with E-state index in [1.807, 2.05) is 24.3 Å². The number of β-lactam (4-membered cyclic amide) rings is 1. The molecule has 0 spiro atoms. The predicted molar refractivity (Wildman–Crippen MR) is 124 cm³/mol. The summed E-state index contributed by atoms with van der Waals surface area (Å²) in [5.74, 6) is -0.409. The lowest BCUT2D eigenvalue weighted by Crippen LogP contribution is -2.70. The topological polar surface area (TPSA) is 126 Å². The number of carboxylic acid groups (broad SMARTS) is 1. The lowest BCUT2D eigenvalue weighted by atomic mass is 10.0. The van der Waals surface area contributed by atoms with Crippen LogP contribution in [0, 0.1) is 0 Å². The Morgan fingerprint density at radius 3 is 2.71 bits per heavy atom. The first-order valence-electron chi connectivity index (χ1n) is 10.4. The third-order valence-corrected chi connectivity index (χ3v) is 7.93. The van der Waals surface area contributed by atoms with Crippen molar-refractivity contribution >= 4 is 41.3 Å². The highest BCUT2D eigenvalue weighted by molar-refractivity contribution is 8.06. The summed E-state index contributed by atoms with van der Waals surface area (Å²) in [5, 5.41) is 12.1. The number of nitrogens with zero attached hydrogens (tertiary/aromatic N) is 2. The fraction of sp³-hybridized carbons (Fsp3) is 0.217. The van der Waals surface area contributed by atoms with Gasteiger partial charge in [0, 0.05) is 22.0 Å². The molecule has 4 heterocycles. The SMILES string of the molecule is O=C(Cc1ccco1)N[C@@H]1C(=O)N2C(C(=O)O)=C(Sc3ccc(Cc4ncco4)cc3)CS[C@@H]12. The lowest BCUT2D eigenvalue weighted by Gasteiger charge is -2.49. The van der Waals surface area contributed by atoms with E-state index in [4.69, 9.17) is 8.83 Å². The number of aliphatic carboxylic acids is 1. The van der Waals surface area contributed by atoms with Crippen LogP contribution in [0.25, 0.3) is 0 Å². The van der Waals surface area contributed by atoms with Gasteiger partial charge in [-0.2, -0.15) is 0 Å². The fourth-order valence-corrected chi connectivity index (χ4v) is 6.27. The number of carbonyl (C=O) groups is 3. The highest BCUT2D eigenvalue weighted by atomic mass is 32.2. The summed E-state index contributed by atoms with van der Waals surface area (Å²) in [7, 11) is 0. The summed E-state index contributed by atoms with van der Waals surface area (Å²) >= 11 is 2.76. The second kappa shape index (κ2) is 9.43. The number of benzene rings is 1. The summed E-state index contributed by atoms with van der Waals surface area (Å²) < 4.78 is 10.4. The lowest BCUT2D eigenvalue weighted by molar-refractivity contribution is -0.150. The van der Waals surface area contributed by atoms with Crippen molar-refractivity contribution < 1.29 is 28.3 Å². The van der Waals surface area contributed by atoms with Crippen molar-refractivity contribution in [2.75, 3.05) is 5.75 Å². The number of carboxylic acids is 1. The molecule has 34 heavy (non-hydrogen) atoms. The van der Waals surface area contributed by atoms with E-state index in [2.05, 4.69) is 10.3 Å². The maximum absolute atomic E-state index is 12.8. The Hall–Kier alpha value is -3.44. The van der Waals surface area contributed by atoms with Crippen LogP contribution in [0.5, 0.6) is 0 Å². The van der Waals surface area contributed by atoms with E-state index in [0.717, 1.165) is 10.5 Å². The molecule has 0 radical (unpaired) electrons. The minimum atomic E-state index is -1.16. The van der Waals surface area contributed by atoms with Gasteiger partial charge in [-0.25, -0.2) is 9.78 Å². The molecule has 174 valence electrons. The zero-order valence-electron chi connectivity index (χ0n) is 17.7. The van der Waals surface area contributed by atoms with Crippen molar-refractivity contribution in [1.29, 1.82) is 0 Å². The van der Waals surface area contributed by atoms with Gasteiger partial charge in [-0.1, -0.05) is 23.9 Å². The molecule has 2 atom stereocenters. The molecule has 1 aromatic carbocycles. The number of aromatic nitrogens is 1. The highest BCUT2D eigenvalue weighted by Crippen LogP contribution is 2.45. The number of carbonyl (C=O) groups excluding carboxylic acids is 2. The molecular weight excluding hydrogens is 478 g/mol. The summed E-state index contributed by atoms with van der Waals surface area (Å²) in [4.78, 5) is 44.0. The molecule has 2 aromatic heterocycles. The van der Waals surface area contributed by atoms with Gasteiger partial charge >= 0.3 is 5.97 Å². The minimum absolute atomic E-state index is 0.0167. The van der Waals surface area contributed by atoms with E-state index in [-0.39, 0.29) is 18.0 Å². The quantitative estimate of drug-likeness (QED) is 0.452. The minimum Gasteiger partial charge on any atom is -0.477 e. The molecule has 0 saturated carbocycles. The molecule has 0 unspecified atom stereocenters. The number of amides is 2. The van der Waals surface area contributed by atoms with Gasteiger partial charge in [0.1, 0.15) is 29.1 Å². The maximum Gasteiger partial charge on any atom is 0.353 e. The fourth-order valence-electron chi connectivity index (χ4n) is 3.80. The van der Waals surface area contributed by atoms with E-state index in [9.17, 15) is 19.5 Å². The largest absolute Gasteiger partial charge is 0.477 e. The Balaban J connectivity index is 1.27. The molecule has 2 aliphatic rings. The van der Waals surface area contributed by atoms with E-state index in [1.165, 1.54) is 41.0 Å². The van der Waals surface area contributed by atoms with E-state index in [0.29, 0.717) is 28.7 Å². The summed E-state index contributed by atoms with van der Waals surface area (Å²) in [6.45, 7) is 0. The zero-order chi connectivity index (χ0) is 23.7. The number of furan rings is 1. The Morgan fingerprint density at radius 2 is 2.03 bits per heavy atom. The number of rotatable bonds is 8. The molecule has 5 rings (SSSR count). The van der Waals surface area contributed by atoms with Crippen molar-refractivity contribution in [1.82, 2.24) is 15.2 Å². The van der Waals surface area contributed by atoms with Gasteiger partial charge in [0.2, 0.25) is 5.91 Å². The van der Waals surface area contributed by atoms with Gasteiger partial charge in [0.15, 0.2) is 5.89 Å². The van der Waals surface area contributed by atoms with Crippen molar-refractivity contribution in [2.24, 2.45) is 0 Å². The van der Waals surface area contributed by atoms with Gasteiger partial charge in [-0.15, -0.1) is 11.8 Å². The van der Waals surface area contributed by atoms with Crippen molar-refractivity contribution in [3.8, 4) is 0 Å². The highest BCUT2D eigenvalue weighted by Gasteiger charge is 2.54. The first-order chi connectivity index (χ1) is 16.5. The first kappa shape index (κ1) is 22.4. The summed E-state index contributed by atoms with van der Waals surface area (Å²) in [5.41, 5.74) is 0.988. The zero-order valence-corrected chi connectivity index (χ0v) is 19.3. The van der Waals surface area contributed by atoms with Crippen LogP contribution >= 0.6 is 23.5 Å². The van der Waals surface area contributed by atoms with Crippen LogP contribution in [0.2, 0.25) is 0 Å². The molecule has 0 aliphatic carbocycles. The molecule has 2 N–H and O–H groups in total. The molecular formula is C23H19N3O6S2. The Kier molecular flexibility index (Phi) is 6.20. The number of thioether (sulfide) groups is 2. The van der Waals surface area contributed by atoms with E-state index in [1.54, 1.807) is 18.3 Å². The third-order valence-electron chi connectivity index (χ3n) is 5.37. The molecule has 1 saturated heterocycles. The Bertz CT molecular complexity index is 1240. The van der Waals surface area contributed by atoms with E-state index >= 15 is 0 Å². The molecule has 3 aromatic rings. The molecule has 1 fully saturated rings. The van der Waals surface area contributed by atoms with Crippen LogP contribution in [-0.4, -0.2) is 49.9 Å². The predicted octanol–water partition coefficient (Wildman–Crippen LogP) is 2.89. The summed E-state index contributed by atoms with van der Waals surface area (Å²) in [6, 6.07) is 10.3. The van der Waals surface area contributed by atoms with Gasteiger partial charge in [-0.3, -0.25) is 14.5 Å².